The van der Waals surface area contributed by atoms with E-state index in [-0.39, 0.29) is 18.5 Å². The first-order chi connectivity index (χ1) is 9.92. The summed E-state index contributed by atoms with van der Waals surface area (Å²) in [6, 6.07) is 5.03. The van der Waals surface area contributed by atoms with Crippen molar-refractivity contribution in [3.05, 3.63) is 24.0 Å². The molecule has 1 aromatic rings. The van der Waals surface area contributed by atoms with Crippen LogP contribution in [-0.2, 0) is 4.79 Å². The maximum absolute atomic E-state index is 13.5. The van der Waals surface area contributed by atoms with Crippen LogP contribution >= 0.6 is 12.6 Å². The third kappa shape index (κ3) is 5.21. The van der Waals surface area contributed by atoms with Crippen LogP contribution in [-0.4, -0.2) is 29.9 Å². The highest BCUT2D eigenvalue weighted by molar-refractivity contribution is 7.96. The molecule has 1 fully saturated rings. The Labute approximate surface area is 129 Å². The van der Waals surface area contributed by atoms with Crippen LogP contribution in [0.5, 0.6) is 11.5 Å². The second kappa shape index (κ2) is 7.13. The van der Waals surface area contributed by atoms with Gasteiger partial charge in [0.15, 0.2) is 6.61 Å². The lowest BCUT2D eigenvalue weighted by Crippen LogP contribution is -2.49. The predicted octanol–water partition coefficient (Wildman–Crippen LogP) is 2.57. The average Bonchev–Trinajstić information content (AvgIpc) is 2.32. The maximum Gasteiger partial charge on any atom is 0.223 e. The van der Waals surface area contributed by atoms with E-state index in [0.29, 0.717) is 17.8 Å². The molecule has 1 aliphatic carbocycles. The van der Waals surface area contributed by atoms with Crippen molar-refractivity contribution in [1.29, 1.82) is 0 Å². The van der Waals surface area contributed by atoms with Crippen molar-refractivity contribution in [2.75, 3.05) is 6.61 Å². The van der Waals surface area contributed by atoms with Gasteiger partial charge in [-0.2, -0.15) is 0 Å². The second-order valence-corrected chi connectivity index (χ2v) is 6.03. The van der Waals surface area contributed by atoms with Crippen LogP contribution in [0.25, 0.3) is 0 Å². The Kier molecular flexibility index (Phi) is 5.47. The monoisotopic (exact) mass is 313 g/mol. The van der Waals surface area contributed by atoms with Crippen LogP contribution in [0.4, 0.5) is 4.39 Å². The van der Waals surface area contributed by atoms with Crippen LogP contribution < -0.4 is 14.8 Å². The van der Waals surface area contributed by atoms with Crippen LogP contribution in [0.3, 0.4) is 0 Å². The zero-order valence-electron chi connectivity index (χ0n) is 12.1. The number of carbonyl (C=O) groups excluding carboxylic acids is 1. The van der Waals surface area contributed by atoms with Gasteiger partial charge in [-0.1, -0.05) is 13.8 Å². The molecule has 1 aliphatic rings. The zero-order chi connectivity index (χ0) is 15.4. The molecule has 1 aromatic carbocycles. The van der Waals surface area contributed by atoms with E-state index < -0.39 is 10.9 Å². The fraction of sp³-hybridized carbons (Fsp3) is 0.533. The number of carbonyl (C=O) groups is 1. The fourth-order valence-electron chi connectivity index (χ4n) is 2.30. The molecule has 2 rings (SSSR count). The van der Waals surface area contributed by atoms with E-state index in [2.05, 4.69) is 31.8 Å². The van der Waals surface area contributed by atoms with Gasteiger partial charge in [0, 0.05) is 30.3 Å². The highest BCUT2D eigenvalue weighted by Gasteiger charge is 2.31. The number of rotatable bonds is 7. The van der Waals surface area contributed by atoms with Crippen molar-refractivity contribution in [1.82, 2.24) is 5.32 Å². The number of thiol groups is 1. The van der Waals surface area contributed by atoms with Crippen molar-refractivity contribution >= 4 is 17.7 Å². The molecule has 1 saturated carbocycles. The minimum atomic E-state index is -0.453. The highest BCUT2D eigenvalue weighted by atomic mass is 32.1. The first-order valence-electron chi connectivity index (χ1n) is 7.00. The van der Waals surface area contributed by atoms with Crippen LogP contribution in [0.2, 0.25) is 0 Å². The van der Waals surface area contributed by atoms with E-state index in [9.17, 15) is 9.18 Å². The minimum Gasteiger partial charge on any atom is -0.490 e. The summed E-state index contributed by atoms with van der Waals surface area (Å²) in [5, 5.41) is 3.01. The van der Waals surface area contributed by atoms with Crippen molar-refractivity contribution in [3.8, 4) is 11.5 Å². The van der Waals surface area contributed by atoms with E-state index in [1.165, 1.54) is 12.1 Å². The van der Waals surface area contributed by atoms with Gasteiger partial charge in [-0.25, -0.2) is 4.39 Å². The molecule has 0 spiro atoms. The summed E-state index contributed by atoms with van der Waals surface area (Å²) in [4.78, 5) is 10.8. The molecule has 0 bridgehead atoms. The summed E-state index contributed by atoms with van der Waals surface area (Å²) in [5.41, 5.74) is 0. The third-order valence-electron chi connectivity index (χ3n) is 3.17. The average molecular weight is 313 g/mol. The maximum atomic E-state index is 13.5. The number of nitrogens with one attached hydrogen (secondary N) is 1. The highest BCUT2D eigenvalue weighted by Crippen LogP contribution is 2.29. The van der Waals surface area contributed by atoms with Gasteiger partial charge in [0.05, 0.1) is 0 Å². The van der Waals surface area contributed by atoms with Crippen LogP contribution in [0, 0.1) is 5.82 Å². The van der Waals surface area contributed by atoms with Gasteiger partial charge >= 0.3 is 0 Å². The van der Waals surface area contributed by atoms with Gasteiger partial charge in [-0.3, -0.25) is 4.79 Å². The molecule has 0 aliphatic heterocycles. The second-order valence-electron chi connectivity index (χ2n) is 5.53. The Morgan fingerprint density at radius 2 is 2.05 bits per heavy atom. The molecule has 0 amide bonds. The molecule has 0 radical (unpaired) electrons. The number of hydrogen-bond acceptors (Lipinski definition) is 4. The summed E-state index contributed by atoms with van der Waals surface area (Å²) < 4.78 is 24.4. The van der Waals surface area contributed by atoms with E-state index in [1.807, 2.05) is 0 Å². The molecule has 4 nitrogen and oxygen atoms in total. The van der Waals surface area contributed by atoms with Crippen molar-refractivity contribution in [2.24, 2.45) is 0 Å². The van der Waals surface area contributed by atoms with Crippen LogP contribution in [0.1, 0.15) is 26.7 Å². The van der Waals surface area contributed by atoms with Gasteiger partial charge in [0.25, 0.3) is 0 Å². The normalized spacial score (nSPS) is 21.0. The van der Waals surface area contributed by atoms with Gasteiger partial charge in [-0.05, 0) is 12.8 Å². The van der Waals surface area contributed by atoms with Gasteiger partial charge in [0.1, 0.15) is 23.4 Å². The predicted molar refractivity (Wildman–Crippen MR) is 81.6 cm³/mol. The Bertz CT molecular complexity index is 504. The third-order valence-corrected chi connectivity index (χ3v) is 3.30. The number of hydrogen-bond donors (Lipinski definition) is 2. The van der Waals surface area contributed by atoms with Gasteiger partial charge in [-0.15, -0.1) is 12.6 Å². The lowest BCUT2D eigenvalue weighted by molar-refractivity contribution is -0.112. The summed E-state index contributed by atoms with van der Waals surface area (Å²) in [7, 11) is 0. The van der Waals surface area contributed by atoms with E-state index in [4.69, 9.17) is 9.47 Å². The lowest BCUT2D eigenvalue weighted by Gasteiger charge is -2.37. The van der Waals surface area contributed by atoms with Crippen molar-refractivity contribution in [3.63, 3.8) is 0 Å². The molecule has 0 heterocycles. The number of halogens is 1. The molecule has 6 heteroatoms. The molecule has 0 atom stereocenters. The molecular formula is C15H20FNO3S. The Balaban J connectivity index is 1.87. The Morgan fingerprint density at radius 3 is 2.67 bits per heavy atom. The SMILES string of the molecule is CC(C)N[C@H]1C[C@@H](Oc2cc(F)cc(OCC(=O)S)c2)C1. The first kappa shape index (κ1) is 16.1. The molecule has 0 unspecified atom stereocenters. The quantitative estimate of drug-likeness (QED) is 0.760. The Hall–Kier alpha value is -1.27. The number of ether oxygens (including phenoxy) is 2. The minimum absolute atomic E-state index is 0.0856. The first-order valence-corrected chi connectivity index (χ1v) is 7.45. The van der Waals surface area contributed by atoms with E-state index >= 15 is 0 Å². The topological polar surface area (TPSA) is 47.6 Å². The van der Waals surface area contributed by atoms with E-state index in [1.54, 1.807) is 6.07 Å². The largest absolute Gasteiger partial charge is 0.490 e. The van der Waals surface area contributed by atoms with Crippen molar-refractivity contribution < 1.29 is 18.7 Å². The summed E-state index contributed by atoms with van der Waals surface area (Å²) in [6.07, 6.45) is 1.89. The molecule has 0 saturated heterocycles. The van der Waals surface area contributed by atoms with E-state index in [0.717, 1.165) is 12.8 Å². The molecular weight excluding hydrogens is 293 g/mol. The van der Waals surface area contributed by atoms with Gasteiger partial charge in [0.2, 0.25) is 5.12 Å². The molecule has 0 aromatic heterocycles. The fourth-order valence-corrected chi connectivity index (χ4v) is 2.36. The van der Waals surface area contributed by atoms with Crippen molar-refractivity contribution in [2.45, 2.75) is 44.9 Å². The summed E-state index contributed by atoms with van der Waals surface area (Å²) >= 11 is 3.60. The Morgan fingerprint density at radius 1 is 1.38 bits per heavy atom. The molecule has 116 valence electrons. The molecule has 21 heavy (non-hydrogen) atoms. The van der Waals surface area contributed by atoms with Gasteiger partial charge < -0.3 is 14.8 Å². The van der Waals surface area contributed by atoms with Crippen LogP contribution in [0.15, 0.2) is 18.2 Å². The smallest absolute Gasteiger partial charge is 0.223 e. The standard InChI is InChI=1S/C15H20FNO3S/c1-9(2)17-11-5-14(6-11)20-13-4-10(16)3-12(7-13)19-8-15(18)21/h3-4,7,9,11,14,17H,5-6,8H2,1-2H3,(H,18,21)/t11-,14+. The number of benzene rings is 1. The lowest BCUT2D eigenvalue weighted by atomic mass is 9.88. The zero-order valence-corrected chi connectivity index (χ0v) is 13.0. The molecule has 1 N–H and O–H groups in total. The summed E-state index contributed by atoms with van der Waals surface area (Å²) in [6.45, 7) is 4.01. The summed E-state index contributed by atoms with van der Waals surface area (Å²) in [5.74, 6) is 0.235.